The Morgan fingerprint density at radius 3 is 3.05 bits per heavy atom. The van der Waals surface area contributed by atoms with Gasteiger partial charge < -0.3 is 14.8 Å². The van der Waals surface area contributed by atoms with E-state index in [4.69, 9.17) is 21.1 Å². The molecule has 1 aromatic rings. The third-order valence-electron chi connectivity index (χ3n) is 3.77. The van der Waals surface area contributed by atoms with Gasteiger partial charge in [0.1, 0.15) is 5.75 Å². The van der Waals surface area contributed by atoms with E-state index in [2.05, 4.69) is 5.32 Å². The smallest absolute Gasteiger partial charge is 0.261 e. The van der Waals surface area contributed by atoms with Crippen LogP contribution in [-0.4, -0.2) is 31.3 Å². The first-order valence-electron chi connectivity index (χ1n) is 7.05. The third-order valence-corrected chi connectivity index (χ3v) is 4.00. The summed E-state index contributed by atoms with van der Waals surface area (Å²) in [6.45, 7) is 1.39. The molecule has 0 bridgehead atoms. The molecule has 2 atom stereocenters. The number of benzene rings is 1. The first kappa shape index (κ1) is 13.7. The Morgan fingerprint density at radius 2 is 2.25 bits per heavy atom. The Morgan fingerprint density at radius 1 is 1.35 bits per heavy atom. The van der Waals surface area contributed by atoms with Crippen LogP contribution in [0.2, 0.25) is 5.02 Å². The predicted octanol–water partition coefficient (Wildman–Crippen LogP) is 2.33. The molecule has 1 aromatic carbocycles. The second-order valence-corrected chi connectivity index (χ2v) is 5.76. The number of aryl methyl sites for hydroxylation is 1. The molecule has 4 nitrogen and oxygen atoms in total. The maximum absolute atomic E-state index is 12.2. The highest BCUT2D eigenvalue weighted by molar-refractivity contribution is 6.30. The summed E-state index contributed by atoms with van der Waals surface area (Å²) >= 11 is 5.96. The highest BCUT2D eigenvalue weighted by atomic mass is 35.5. The molecule has 2 aliphatic heterocycles. The van der Waals surface area contributed by atoms with E-state index in [0.29, 0.717) is 18.1 Å². The van der Waals surface area contributed by atoms with E-state index in [1.165, 1.54) is 0 Å². The minimum Gasteiger partial charge on any atom is -0.480 e. The van der Waals surface area contributed by atoms with Gasteiger partial charge >= 0.3 is 0 Å². The minimum atomic E-state index is -0.411. The number of halogens is 1. The van der Waals surface area contributed by atoms with E-state index in [-0.39, 0.29) is 11.9 Å². The van der Waals surface area contributed by atoms with Crippen LogP contribution in [-0.2, 0) is 16.0 Å². The first-order chi connectivity index (χ1) is 9.72. The van der Waals surface area contributed by atoms with Crippen molar-refractivity contribution < 1.29 is 14.3 Å². The average molecular weight is 296 g/mol. The summed E-state index contributed by atoms with van der Waals surface area (Å²) in [5.74, 6) is 0.724. The standard InChI is InChI=1S/C15H18ClNO3/c16-11-4-6-13-10(8-11)3-5-14(20-13)15(18)17-12-2-1-7-19-9-12/h4,6,8,12,14H,1-3,5,7,9H2,(H,17,18). The average Bonchev–Trinajstić information content (AvgIpc) is 2.47. The maximum Gasteiger partial charge on any atom is 0.261 e. The number of nitrogens with one attached hydrogen (secondary N) is 1. The number of ether oxygens (including phenoxy) is 2. The third kappa shape index (κ3) is 3.07. The van der Waals surface area contributed by atoms with Gasteiger partial charge in [-0.25, -0.2) is 0 Å². The van der Waals surface area contributed by atoms with Crippen LogP contribution in [0.5, 0.6) is 5.75 Å². The molecule has 0 aromatic heterocycles. The van der Waals surface area contributed by atoms with Crippen molar-refractivity contribution in [1.29, 1.82) is 0 Å². The minimum absolute atomic E-state index is 0.0406. The van der Waals surface area contributed by atoms with Crippen LogP contribution >= 0.6 is 11.6 Å². The summed E-state index contributed by atoms with van der Waals surface area (Å²) in [4.78, 5) is 12.2. The molecule has 2 unspecified atom stereocenters. The number of carbonyl (C=O) groups is 1. The number of rotatable bonds is 2. The zero-order chi connectivity index (χ0) is 13.9. The van der Waals surface area contributed by atoms with Crippen molar-refractivity contribution in [2.24, 2.45) is 0 Å². The van der Waals surface area contributed by atoms with Crippen LogP contribution < -0.4 is 10.1 Å². The molecule has 0 radical (unpaired) electrons. The van der Waals surface area contributed by atoms with Gasteiger partial charge in [-0.3, -0.25) is 4.79 Å². The van der Waals surface area contributed by atoms with E-state index < -0.39 is 6.10 Å². The van der Waals surface area contributed by atoms with Crippen molar-refractivity contribution in [2.75, 3.05) is 13.2 Å². The Bertz CT molecular complexity index is 500. The largest absolute Gasteiger partial charge is 0.480 e. The van der Waals surface area contributed by atoms with Gasteiger partial charge in [0, 0.05) is 11.6 Å². The normalized spacial score (nSPS) is 25.4. The Kier molecular flexibility index (Phi) is 4.13. The van der Waals surface area contributed by atoms with Crippen LogP contribution in [0.4, 0.5) is 0 Å². The number of carbonyl (C=O) groups excluding carboxylic acids is 1. The molecule has 20 heavy (non-hydrogen) atoms. The SMILES string of the molecule is O=C(NC1CCCOC1)C1CCc2cc(Cl)ccc2O1. The van der Waals surface area contributed by atoms with Crippen LogP contribution in [0.15, 0.2) is 18.2 Å². The van der Waals surface area contributed by atoms with Crippen LogP contribution in [0, 0.1) is 0 Å². The lowest BCUT2D eigenvalue weighted by Gasteiger charge is -2.28. The lowest BCUT2D eigenvalue weighted by molar-refractivity contribution is -0.130. The number of hydrogen-bond donors (Lipinski definition) is 1. The predicted molar refractivity (Wildman–Crippen MR) is 76.2 cm³/mol. The highest BCUT2D eigenvalue weighted by Gasteiger charge is 2.28. The monoisotopic (exact) mass is 295 g/mol. The molecule has 2 heterocycles. The van der Waals surface area contributed by atoms with Gasteiger partial charge in [0.2, 0.25) is 0 Å². The van der Waals surface area contributed by atoms with Gasteiger partial charge in [-0.2, -0.15) is 0 Å². The van der Waals surface area contributed by atoms with Crippen molar-refractivity contribution in [3.63, 3.8) is 0 Å². The molecule has 1 saturated heterocycles. The fraction of sp³-hybridized carbons (Fsp3) is 0.533. The van der Waals surface area contributed by atoms with E-state index in [9.17, 15) is 4.79 Å². The van der Waals surface area contributed by atoms with Gasteiger partial charge in [0.15, 0.2) is 6.10 Å². The molecular weight excluding hydrogens is 278 g/mol. The molecular formula is C15H18ClNO3. The summed E-state index contributed by atoms with van der Waals surface area (Å²) in [5.41, 5.74) is 1.07. The van der Waals surface area contributed by atoms with E-state index in [1.54, 1.807) is 6.07 Å². The fourth-order valence-electron chi connectivity index (χ4n) is 2.69. The van der Waals surface area contributed by atoms with E-state index in [0.717, 1.165) is 37.2 Å². The van der Waals surface area contributed by atoms with E-state index >= 15 is 0 Å². The second kappa shape index (κ2) is 6.02. The molecule has 108 valence electrons. The molecule has 5 heteroatoms. The Hall–Kier alpha value is -1.26. The molecule has 2 aliphatic rings. The van der Waals surface area contributed by atoms with Crippen molar-refractivity contribution in [3.05, 3.63) is 28.8 Å². The maximum atomic E-state index is 12.2. The first-order valence-corrected chi connectivity index (χ1v) is 7.43. The zero-order valence-electron chi connectivity index (χ0n) is 11.2. The highest BCUT2D eigenvalue weighted by Crippen LogP contribution is 2.30. The quantitative estimate of drug-likeness (QED) is 0.911. The molecule has 0 aliphatic carbocycles. The van der Waals surface area contributed by atoms with Gasteiger partial charge in [0.25, 0.3) is 5.91 Å². The summed E-state index contributed by atoms with van der Waals surface area (Å²) < 4.78 is 11.1. The second-order valence-electron chi connectivity index (χ2n) is 5.32. The molecule has 3 rings (SSSR count). The van der Waals surface area contributed by atoms with Gasteiger partial charge in [0.05, 0.1) is 12.6 Å². The summed E-state index contributed by atoms with van der Waals surface area (Å²) in [6.07, 6.45) is 3.07. The zero-order valence-corrected chi connectivity index (χ0v) is 12.0. The van der Waals surface area contributed by atoms with Crippen molar-refractivity contribution in [1.82, 2.24) is 5.32 Å². The van der Waals surface area contributed by atoms with Crippen molar-refractivity contribution in [2.45, 2.75) is 37.8 Å². The van der Waals surface area contributed by atoms with Crippen LogP contribution in [0.1, 0.15) is 24.8 Å². The Labute approximate surface area is 123 Å². The molecule has 1 N–H and O–H groups in total. The number of fused-ring (bicyclic) bond motifs is 1. The van der Waals surface area contributed by atoms with E-state index in [1.807, 2.05) is 12.1 Å². The summed E-state index contributed by atoms with van der Waals surface area (Å²) in [6, 6.07) is 5.64. The Balaban J connectivity index is 1.61. The van der Waals surface area contributed by atoms with Gasteiger partial charge in [-0.05, 0) is 49.4 Å². The van der Waals surface area contributed by atoms with Gasteiger partial charge in [-0.15, -0.1) is 0 Å². The molecule has 0 saturated carbocycles. The number of hydrogen-bond acceptors (Lipinski definition) is 3. The topological polar surface area (TPSA) is 47.6 Å². The molecule has 1 fully saturated rings. The van der Waals surface area contributed by atoms with Crippen molar-refractivity contribution >= 4 is 17.5 Å². The lowest BCUT2D eigenvalue weighted by Crippen LogP contribution is -2.47. The van der Waals surface area contributed by atoms with Crippen molar-refractivity contribution in [3.8, 4) is 5.75 Å². The summed E-state index contributed by atoms with van der Waals surface area (Å²) in [7, 11) is 0. The van der Waals surface area contributed by atoms with Crippen LogP contribution in [0.25, 0.3) is 0 Å². The number of amides is 1. The van der Waals surface area contributed by atoms with Gasteiger partial charge in [-0.1, -0.05) is 11.6 Å². The summed E-state index contributed by atoms with van der Waals surface area (Å²) in [5, 5.41) is 3.72. The molecule has 0 spiro atoms. The lowest BCUT2D eigenvalue weighted by atomic mass is 10.0. The van der Waals surface area contributed by atoms with Crippen LogP contribution in [0.3, 0.4) is 0 Å². The molecule has 1 amide bonds. The fourth-order valence-corrected chi connectivity index (χ4v) is 2.89.